The van der Waals surface area contributed by atoms with Crippen LogP contribution in [0.5, 0.6) is 0 Å². The van der Waals surface area contributed by atoms with Crippen LogP contribution in [0.15, 0.2) is 14.1 Å². The molecule has 13 heavy (non-hydrogen) atoms. The van der Waals surface area contributed by atoms with Crippen molar-refractivity contribution < 1.29 is 0 Å². The first-order chi connectivity index (χ1) is 6.24. The first-order valence-corrected chi connectivity index (χ1v) is 6.77. The largest absolute Gasteiger partial charge is 0.133 e. The molecule has 0 N–H and O–H groups in total. The quantitative estimate of drug-likeness (QED) is 0.574. The van der Waals surface area contributed by atoms with Gasteiger partial charge in [0.1, 0.15) is 0 Å². The van der Waals surface area contributed by atoms with E-state index >= 15 is 0 Å². The summed E-state index contributed by atoms with van der Waals surface area (Å²) in [6.07, 6.45) is 6.48. The fourth-order valence-corrected chi connectivity index (χ4v) is 3.59. The van der Waals surface area contributed by atoms with Crippen molar-refractivity contribution in [3.05, 3.63) is 15.4 Å². The van der Waals surface area contributed by atoms with Crippen molar-refractivity contribution in [3.8, 4) is 0 Å². The standard InChI is InChI=1S/C10H15BrS2/c1-2-3-4-5-6-8-7-9(11)13-10(8)12/h7,12H,2-6H2,1H3. The Morgan fingerprint density at radius 1 is 1.38 bits per heavy atom. The molecule has 0 saturated carbocycles. The molecule has 0 bridgehead atoms. The van der Waals surface area contributed by atoms with E-state index in [-0.39, 0.29) is 0 Å². The number of hydrogen-bond acceptors (Lipinski definition) is 2. The molecule has 0 amide bonds. The van der Waals surface area contributed by atoms with Gasteiger partial charge in [0.2, 0.25) is 0 Å². The van der Waals surface area contributed by atoms with Gasteiger partial charge in [-0.05, 0) is 40.4 Å². The molecule has 1 aromatic rings. The van der Waals surface area contributed by atoms with Gasteiger partial charge in [-0.15, -0.1) is 24.0 Å². The third-order valence-corrected chi connectivity index (χ3v) is 4.10. The van der Waals surface area contributed by atoms with E-state index in [4.69, 9.17) is 0 Å². The van der Waals surface area contributed by atoms with Crippen molar-refractivity contribution in [1.82, 2.24) is 0 Å². The first-order valence-electron chi connectivity index (χ1n) is 4.71. The molecule has 0 unspecified atom stereocenters. The zero-order valence-corrected chi connectivity index (χ0v) is 11.1. The van der Waals surface area contributed by atoms with E-state index in [0.717, 1.165) is 0 Å². The van der Waals surface area contributed by atoms with E-state index in [0.29, 0.717) is 0 Å². The van der Waals surface area contributed by atoms with E-state index in [1.54, 1.807) is 11.3 Å². The number of thiophene rings is 1. The molecule has 0 radical (unpaired) electrons. The first kappa shape index (κ1) is 11.6. The molecule has 1 heterocycles. The molecule has 1 aromatic heterocycles. The van der Waals surface area contributed by atoms with Gasteiger partial charge < -0.3 is 0 Å². The molecule has 0 fully saturated rings. The lowest BCUT2D eigenvalue weighted by atomic mass is 10.1. The van der Waals surface area contributed by atoms with Gasteiger partial charge in [0.15, 0.2) is 0 Å². The summed E-state index contributed by atoms with van der Waals surface area (Å²) in [6, 6.07) is 2.19. The predicted octanol–water partition coefficient (Wildman–Crippen LogP) is 4.92. The monoisotopic (exact) mass is 278 g/mol. The van der Waals surface area contributed by atoms with Crippen LogP contribution in [0.25, 0.3) is 0 Å². The molecule has 0 aliphatic carbocycles. The Labute approximate surface area is 98.3 Å². The van der Waals surface area contributed by atoms with Crippen LogP contribution in [0.1, 0.15) is 38.2 Å². The van der Waals surface area contributed by atoms with E-state index < -0.39 is 0 Å². The van der Waals surface area contributed by atoms with Crippen molar-refractivity contribution in [2.24, 2.45) is 0 Å². The predicted molar refractivity (Wildman–Crippen MR) is 67.1 cm³/mol. The topological polar surface area (TPSA) is 0 Å². The lowest BCUT2D eigenvalue weighted by Crippen LogP contribution is -1.83. The van der Waals surface area contributed by atoms with Crippen molar-refractivity contribution >= 4 is 39.9 Å². The van der Waals surface area contributed by atoms with Gasteiger partial charge in [-0.3, -0.25) is 0 Å². The van der Waals surface area contributed by atoms with Crippen LogP contribution >= 0.6 is 39.9 Å². The Kier molecular flexibility index (Phi) is 5.44. The third-order valence-electron chi connectivity index (χ3n) is 2.06. The minimum Gasteiger partial charge on any atom is -0.133 e. The molecular weight excluding hydrogens is 264 g/mol. The number of thiol groups is 1. The van der Waals surface area contributed by atoms with Gasteiger partial charge in [0, 0.05) is 0 Å². The van der Waals surface area contributed by atoms with Crippen LogP contribution in [-0.2, 0) is 6.42 Å². The molecule has 0 nitrogen and oxygen atoms in total. The Balaban J connectivity index is 2.32. The highest BCUT2D eigenvalue weighted by Crippen LogP contribution is 2.31. The lowest BCUT2D eigenvalue weighted by molar-refractivity contribution is 0.665. The number of halogens is 1. The Morgan fingerprint density at radius 3 is 2.69 bits per heavy atom. The average molecular weight is 279 g/mol. The van der Waals surface area contributed by atoms with Crippen molar-refractivity contribution in [2.75, 3.05) is 0 Å². The Bertz CT molecular complexity index is 255. The highest BCUT2D eigenvalue weighted by molar-refractivity contribution is 9.11. The molecule has 0 saturated heterocycles. The van der Waals surface area contributed by atoms with Gasteiger partial charge in [0.05, 0.1) is 8.00 Å². The number of hydrogen-bond donors (Lipinski definition) is 1. The minimum atomic E-state index is 1.17. The van der Waals surface area contributed by atoms with Crippen LogP contribution in [0.4, 0.5) is 0 Å². The van der Waals surface area contributed by atoms with Gasteiger partial charge in [-0.1, -0.05) is 26.2 Å². The highest BCUT2D eigenvalue weighted by atomic mass is 79.9. The van der Waals surface area contributed by atoms with E-state index in [9.17, 15) is 0 Å². The van der Waals surface area contributed by atoms with E-state index in [2.05, 4.69) is 41.5 Å². The summed E-state index contributed by atoms with van der Waals surface area (Å²) in [5.41, 5.74) is 1.40. The normalized spacial score (nSPS) is 10.7. The van der Waals surface area contributed by atoms with Gasteiger partial charge in [-0.2, -0.15) is 0 Å². The van der Waals surface area contributed by atoms with Crippen LogP contribution in [0.2, 0.25) is 0 Å². The summed E-state index contributed by atoms with van der Waals surface area (Å²) in [5, 5.41) is 0. The SMILES string of the molecule is CCCCCCc1cc(Br)sc1S. The van der Waals surface area contributed by atoms with Crippen LogP contribution < -0.4 is 0 Å². The van der Waals surface area contributed by atoms with E-state index in [1.807, 2.05) is 0 Å². The van der Waals surface area contributed by atoms with E-state index in [1.165, 1.54) is 45.7 Å². The zero-order chi connectivity index (χ0) is 9.68. The summed E-state index contributed by atoms with van der Waals surface area (Å²) in [6.45, 7) is 2.24. The zero-order valence-electron chi connectivity index (χ0n) is 7.85. The molecule has 0 atom stereocenters. The molecule has 0 aliphatic rings. The Hall–Kier alpha value is 0.530. The van der Waals surface area contributed by atoms with Gasteiger partial charge in [0.25, 0.3) is 0 Å². The van der Waals surface area contributed by atoms with Crippen LogP contribution in [-0.4, -0.2) is 0 Å². The van der Waals surface area contributed by atoms with Gasteiger partial charge >= 0.3 is 0 Å². The maximum absolute atomic E-state index is 4.43. The highest BCUT2D eigenvalue weighted by Gasteiger charge is 2.03. The van der Waals surface area contributed by atoms with Crippen molar-refractivity contribution in [1.29, 1.82) is 0 Å². The average Bonchev–Trinajstić information content (AvgIpc) is 2.39. The second kappa shape index (κ2) is 6.10. The summed E-state index contributed by atoms with van der Waals surface area (Å²) >= 11 is 9.62. The molecule has 74 valence electrons. The number of unbranched alkanes of at least 4 members (excludes halogenated alkanes) is 3. The summed E-state index contributed by atoms with van der Waals surface area (Å²) in [7, 11) is 0. The number of aryl methyl sites for hydroxylation is 1. The van der Waals surface area contributed by atoms with Crippen LogP contribution in [0, 0.1) is 0 Å². The summed E-state index contributed by atoms with van der Waals surface area (Å²) in [4.78, 5) is 0. The lowest BCUT2D eigenvalue weighted by Gasteiger charge is -1.98. The maximum Gasteiger partial charge on any atom is 0.0713 e. The smallest absolute Gasteiger partial charge is 0.0713 e. The fourth-order valence-electron chi connectivity index (χ4n) is 1.31. The Morgan fingerprint density at radius 2 is 2.15 bits per heavy atom. The fraction of sp³-hybridized carbons (Fsp3) is 0.600. The maximum atomic E-state index is 4.43. The van der Waals surface area contributed by atoms with Crippen molar-refractivity contribution in [3.63, 3.8) is 0 Å². The number of rotatable bonds is 5. The molecule has 0 aromatic carbocycles. The minimum absolute atomic E-state index is 1.17. The molecule has 3 heteroatoms. The molecule has 1 rings (SSSR count). The molecular formula is C10H15BrS2. The second-order valence-electron chi connectivity index (χ2n) is 3.19. The molecule has 0 aliphatic heterocycles. The molecule has 0 spiro atoms. The van der Waals surface area contributed by atoms with Crippen LogP contribution in [0.3, 0.4) is 0 Å². The summed E-state index contributed by atoms with van der Waals surface area (Å²) < 4.78 is 2.37. The second-order valence-corrected chi connectivity index (χ2v) is 6.37. The summed E-state index contributed by atoms with van der Waals surface area (Å²) in [5.74, 6) is 0. The third kappa shape index (κ3) is 4.05. The van der Waals surface area contributed by atoms with Gasteiger partial charge in [-0.25, -0.2) is 0 Å². The van der Waals surface area contributed by atoms with Crippen molar-refractivity contribution in [2.45, 2.75) is 43.2 Å².